The Hall–Kier alpha value is -3.20. The number of benzene rings is 5. The highest BCUT2D eigenvalue weighted by Crippen LogP contribution is 2.65. The first kappa shape index (κ1) is 45.3. The summed E-state index contributed by atoms with van der Waals surface area (Å²) < 4.78 is 54.5. The van der Waals surface area contributed by atoms with E-state index in [1.165, 1.54) is 25.7 Å². The Morgan fingerprint density at radius 1 is 0.508 bits per heavy atom. The topological polar surface area (TPSA) is 71.1 Å². The fourth-order valence-corrected chi connectivity index (χ4v) is 15.6. The summed E-state index contributed by atoms with van der Waals surface area (Å²) in [6, 6.07) is 43.6. The monoisotopic (exact) mass is 930 g/mol. The van der Waals surface area contributed by atoms with Crippen LogP contribution in [0.2, 0.25) is 0 Å². The molecule has 0 fully saturated rings. The van der Waals surface area contributed by atoms with Crippen LogP contribution in [0.5, 0.6) is 0 Å². The highest BCUT2D eigenvalue weighted by Gasteiger charge is 2.40. The summed E-state index contributed by atoms with van der Waals surface area (Å²) in [6.07, 6.45) is 1.19. The Labute approximate surface area is 366 Å². The smallest absolute Gasteiger partial charge is 0.308 e. The van der Waals surface area contributed by atoms with E-state index >= 15 is 0 Å². The van der Waals surface area contributed by atoms with Gasteiger partial charge in [-0.25, -0.2) is 0 Å². The summed E-state index contributed by atoms with van der Waals surface area (Å²) in [5.41, 5.74) is 6.18. The molecule has 0 aliphatic rings. The van der Waals surface area contributed by atoms with Gasteiger partial charge in [0.2, 0.25) is 0 Å². The van der Waals surface area contributed by atoms with Gasteiger partial charge in [-0.1, -0.05) is 119 Å². The summed E-state index contributed by atoms with van der Waals surface area (Å²) in [5, 5.41) is 2.41. The summed E-state index contributed by atoms with van der Waals surface area (Å²) in [4.78, 5) is 2.17. The SMILES string of the molecule is CCOP(=O)(OCC)C(Cc1cccc(-c2ccccc2)c1)c1sc2ccccc2c1C.CCOP(=O)(OCC)C(Cc1cccc(Br)c1)c1sc2ccccc2c1C. The number of hydrogen-bond acceptors (Lipinski definition) is 8. The van der Waals surface area contributed by atoms with Gasteiger partial charge >= 0.3 is 15.2 Å². The average molecular weight is 932 g/mol. The van der Waals surface area contributed by atoms with E-state index in [-0.39, 0.29) is 11.3 Å². The van der Waals surface area contributed by atoms with Crippen molar-refractivity contribution < 1.29 is 27.2 Å². The van der Waals surface area contributed by atoms with E-state index in [2.05, 4.69) is 109 Å². The molecule has 0 spiro atoms. The second kappa shape index (κ2) is 21.1. The van der Waals surface area contributed by atoms with Gasteiger partial charge in [-0.3, -0.25) is 9.13 Å². The minimum Gasteiger partial charge on any atom is -0.308 e. The zero-order valence-electron chi connectivity index (χ0n) is 34.6. The van der Waals surface area contributed by atoms with Gasteiger partial charge in [-0.05, 0) is 123 Å². The van der Waals surface area contributed by atoms with Gasteiger partial charge < -0.3 is 18.1 Å². The standard InChI is InChI=1S/C27H29O3PS.C21H24BrO3PS/c1-4-29-31(28,30-5-2)25(27-20(3)24-16-9-10-17-26(24)32-27)19-21-12-11-15-23(18-21)22-13-7-6-8-14-22;1-4-24-26(23,25-5-2)19(14-16-9-8-10-17(22)13-16)21-15(3)18-11-6-7-12-20(18)27-21/h6-18,25H,4-5,19H2,1-3H3;6-13,19H,4-5,14H2,1-3H3. The molecule has 5 aromatic carbocycles. The lowest BCUT2D eigenvalue weighted by Crippen LogP contribution is -2.09. The molecule has 6 nitrogen and oxygen atoms in total. The number of halogens is 1. The Morgan fingerprint density at radius 2 is 0.915 bits per heavy atom. The van der Waals surface area contributed by atoms with Crippen molar-refractivity contribution in [1.82, 2.24) is 0 Å². The largest absolute Gasteiger partial charge is 0.339 e. The van der Waals surface area contributed by atoms with E-state index in [9.17, 15) is 9.13 Å². The molecule has 7 aromatic rings. The fourth-order valence-electron chi connectivity index (χ4n) is 7.49. The van der Waals surface area contributed by atoms with Crippen molar-refractivity contribution in [2.75, 3.05) is 26.4 Å². The van der Waals surface area contributed by atoms with Crippen molar-refractivity contribution in [3.8, 4) is 11.1 Å². The second-order valence-corrected chi connectivity index (χ2v) is 21.6. The molecule has 0 saturated heterocycles. The first-order chi connectivity index (χ1) is 28.5. The summed E-state index contributed by atoms with van der Waals surface area (Å²) in [7, 11) is -6.69. The summed E-state index contributed by atoms with van der Waals surface area (Å²) in [5.74, 6) is 0. The van der Waals surface area contributed by atoms with Crippen molar-refractivity contribution in [1.29, 1.82) is 0 Å². The van der Waals surface area contributed by atoms with E-state index in [0.717, 1.165) is 42.0 Å². The van der Waals surface area contributed by atoms with Crippen LogP contribution in [0.15, 0.2) is 132 Å². The van der Waals surface area contributed by atoms with E-state index in [1.807, 2.05) is 76.2 Å². The minimum atomic E-state index is -3.38. The van der Waals surface area contributed by atoms with E-state index < -0.39 is 15.2 Å². The molecule has 7 rings (SSSR count). The lowest BCUT2D eigenvalue weighted by Gasteiger charge is -2.26. The Balaban J connectivity index is 0.000000201. The molecule has 2 unspecified atom stereocenters. The van der Waals surface area contributed by atoms with Crippen molar-refractivity contribution in [2.24, 2.45) is 0 Å². The maximum Gasteiger partial charge on any atom is 0.339 e. The number of aryl methyl sites for hydroxylation is 2. The van der Waals surface area contributed by atoms with Crippen molar-refractivity contribution in [3.05, 3.63) is 164 Å². The lowest BCUT2D eigenvalue weighted by molar-refractivity contribution is 0.211. The van der Waals surface area contributed by atoms with Crippen LogP contribution in [0, 0.1) is 13.8 Å². The van der Waals surface area contributed by atoms with Gasteiger partial charge in [0.1, 0.15) is 0 Å². The van der Waals surface area contributed by atoms with Crippen LogP contribution in [0.4, 0.5) is 0 Å². The second-order valence-electron chi connectivity index (χ2n) is 14.1. The molecular weight excluding hydrogens is 879 g/mol. The lowest BCUT2D eigenvalue weighted by atomic mass is 10.00. The van der Waals surface area contributed by atoms with Gasteiger partial charge in [-0.15, -0.1) is 22.7 Å². The molecule has 0 bridgehead atoms. The molecule has 0 saturated carbocycles. The quantitative estimate of drug-likeness (QED) is 0.0847. The van der Waals surface area contributed by atoms with Crippen LogP contribution >= 0.6 is 53.8 Å². The minimum absolute atomic E-state index is 0.330. The van der Waals surface area contributed by atoms with Gasteiger partial charge in [0.15, 0.2) is 0 Å². The molecular formula is C48H53BrO6P2S2. The number of thiophene rings is 2. The molecule has 2 heterocycles. The Morgan fingerprint density at radius 3 is 1.36 bits per heavy atom. The summed E-state index contributed by atoms with van der Waals surface area (Å²) in [6.45, 7) is 13.1. The molecule has 2 atom stereocenters. The molecule has 11 heteroatoms. The van der Waals surface area contributed by atoms with Crippen LogP contribution < -0.4 is 0 Å². The van der Waals surface area contributed by atoms with Gasteiger partial charge in [0.05, 0.1) is 37.7 Å². The molecule has 310 valence electrons. The highest BCUT2D eigenvalue weighted by atomic mass is 79.9. The maximum absolute atomic E-state index is 14.1. The summed E-state index contributed by atoms with van der Waals surface area (Å²) >= 11 is 6.92. The average Bonchev–Trinajstić information content (AvgIpc) is 3.75. The normalized spacial score (nSPS) is 13.0. The van der Waals surface area contributed by atoms with Crippen LogP contribution in [-0.2, 0) is 40.1 Å². The van der Waals surface area contributed by atoms with Crippen molar-refractivity contribution >= 4 is 74.0 Å². The van der Waals surface area contributed by atoms with Crippen LogP contribution in [0.25, 0.3) is 31.3 Å². The zero-order valence-corrected chi connectivity index (χ0v) is 39.6. The number of hydrogen-bond donors (Lipinski definition) is 0. The van der Waals surface area contributed by atoms with Crippen LogP contribution in [0.3, 0.4) is 0 Å². The predicted molar refractivity (Wildman–Crippen MR) is 254 cm³/mol. The molecule has 0 radical (unpaired) electrons. The third kappa shape index (κ3) is 10.8. The van der Waals surface area contributed by atoms with Crippen molar-refractivity contribution in [3.63, 3.8) is 0 Å². The predicted octanol–water partition coefficient (Wildman–Crippen LogP) is 15.9. The van der Waals surface area contributed by atoms with Crippen molar-refractivity contribution in [2.45, 2.75) is 65.7 Å². The fraction of sp³-hybridized carbons (Fsp3) is 0.292. The molecule has 2 aromatic heterocycles. The molecule has 59 heavy (non-hydrogen) atoms. The molecule has 0 aliphatic carbocycles. The first-order valence-corrected chi connectivity index (χ1v) is 25.8. The Bertz CT molecular complexity index is 2530. The maximum atomic E-state index is 14.1. The molecule has 0 amide bonds. The first-order valence-electron chi connectivity index (χ1n) is 20.2. The van der Waals surface area contributed by atoms with Gasteiger partial charge in [0, 0.05) is 23.6 Å². The van der Waals surface area contributed by atoms with Gasteiger partial charge in [0.25, 0.3) is 0 Å². The zero-order chi connectivity index (χ0) is 42.0. The van der Waals surface area contributed by atoms with Crippen LogP contribution in [0.1, 0.15) is 71.0 Å². The number of fused-ring (bicyclic) bond motifs is 2. The van der Waals surface area contributed by atoms with E-state index in [4.69, 9.17) is 18.1 Å². The third-order valence-electron chi connectivity index (χ3n) is 10.1. The third-order valence-corrected chi connectivity index (χ3v) is 18.6. The Kier molecular flexibility index (Phi) is 16.2. The van der Waals surface area contributed by atoms with Crippen LogP contribution in [-0.4, -0.2) is 26.4 Å². The van der Waals surface area contributed by atoms with E-state index in [0.29, 0.717) is 39.3 Å². The van der Waals surface area contributed by atoms with E-state index in [1.54, 1.807) is 22.7 Å². The molecule has 0 aliphatic heterocycles. The molecule has 0 N–H and O–H groups in total. The highest BCUT2D eigenvalue weighted by molar-refractivity contribution is 9.10. The van der Waals surface area contributed by atoms with Gasteiger partial charge in [-0.2, -0.15) is 0 Å². The number of rotatable bonds is 17.